The fourth-order valence-corrected chi connectivity index (χ4v) is 4.47. The van der Waals surface area contributed by atoms with E-state index in [1.165, 1.54) is 13.2 Å². The Morgan fingerprint density at radius 1 is 1.08 bits per heavy atom. The molecule has 0 spiro atoms. The first-order valence-corrected chi connectivity index (χ1v) is 12.8. The van der Waals surface area contributed by atoms with Crippen molar-refractivity contribution in [3.8, 4) is 0 Å². The van der Waals surface area contributed by atoms with Crippen molar-refractivity contribution in [2.45, 2.75) is 76.0 Å². The minimum atomic E-state index is -1.27. The van der Waals surface area contributed by atoms with Crippen LogP contribution in [0.2, 0.25) is 0 Å². The van der Waals surface area contributed by atoms with Gasteiger partial charge in [0, 0.05) is 13.7 Å². The second kappa shape index (κ2) is 14.6. The van der Waals surface area contributed by atoms with Crippen LogP contribution in [0, 0.1) is 0 Å². The van der Waals surface area contributed by atoms with Crippen molar-refractivity contribution in [1.82, 2.24) is 4.90 Å². The zero-order valence-electron chi connectivity index (χ0n) is 21.0. The first-order valence-electron chi connectivity index (χ1n) is 12.8. The molecule has 2 aliphatic rings. The number of hydrogen-bond acceptors (Lipinski definition) is 7. The quantitative estimate of drug-likeness (QED) is 0.384. The van der Waals surface area contributed by atoms with Crippen molar-refractivity contribution in [3.05, 3.63) is 59.9 Å². The first kappa shape index (κ1) is 27.6. The summed E-state index contributed by atoms with van der Waals surface area (Å²) < 4.78 is 16.4. The van der Waals surface area contributed by atoms with E-state index in [4.69, 9.17) is 19.3 Å². The van der Waals surface area contributed by atoms with Crippen molar-refractivity contribution in [2.75, 3.05) is 20.3 Å². The molecule has 2 aliphatic heterocycles. The molecule has 0 aromatic heterocycles. The van der Waals surface area contributed by atoms with E-state index >= 15 is 0 Å². The molecule has 2 heterocycles. The zero-order valence-corrected chi connectivity index (χ0v) is 21.0. The van der Waals surface area contributed by atoms with Crippen LogP contribution in [0.25, 0.3) is 0 Å². The third kappa shape index (κ3) is 7.77. The Kier molecular flexibility index (Phi) is 11.2. The number of allylic oxidation sites excluding steroid dienone is 2. The smallest absolute Gasteiger partial charge is 0.417 e. The number of ketones is 1. The number of nitrogens with zero attached hydrogens (tertiary/aromatic N) is 1. The number of benzene rings is 1. The molecule has 1 fully saturated rings. The van der Waals surface area contributed by atoms with Gasteiger partial charge in [-0.15, -0.1) is 0 Å². The van der Waals surface area contributed by atoms with Gasteiger partial charge in [-0.2, -0.15) is 0 Å². The Hall–Kier alpha value is -2.97. The molecule has 0 radical (unpaired) electrons. The number of aliphatic hydroxyl groups excluding tert-OH is 1. The summed E-state index contributed by atoms with van der Waals surface area (Å²) in [5.74, 6) is -0.514. The molecule has 2 amide bonds. The molecule has 36 heavy (non-hydrogen) atoms. The average Bonchev–Trinajstić information content (AvgIpc) is 3.25. The summed E-state index contributed by atoms with van der Waals surface area (Å²) in [6.45, 7) is 0.346. The number of unbranched alkanes of at least 4 members (excludes halogenated alkanes) is 7. The van der Waals surface area contributed by atoms with E-state index in [2.05, 4.69) is 0 Å². The molecule has 1 saturated heterocycles. The van der Waals surface area contributed by atoms with E-state index in [0.717, 1.165) is 61.8 Å². The largest absolute Gasteiger partial charge is 0.479 e. The van der Waals surface area contributed by atoms with Crippen LogP contribution in [0.3, 0.4) is 0 Å². The van der Waals surface area contributed by atoms with Crippen molar-refractivity contribution in [2.24, 2.45) is 0 Å². The highest BCUT2D eigenvalue weighted by Gasteiger charge is 2.46. The number of ether oxygens (including phenoxy) is 3. The van der Waals surface area contributed by atoms with Gasteiger partial charge in [0.15, 0.2) is 18.0 Å². The Labute approximate surface area is 212 Å². The van der Waals surface area contributed by atoms with Gasteiger partial charge in [0.05, 0.1) is 6.04 Å². The summed E-state index contributed by atoms with van der Waals surface area (Å²) in [4.78, 5) is 39.5. The Bertz CT molecular complexity index is 927. The van der Waals surface area contributed by atoms with Gasteiger partial charge in [-0.1, -0.05) is 62.4 Å². The lowest BCUT2D eigenvalue weighted by molar-refractivity contribution is -0.153. The molecule has 1 N–H and O–H groups in total. The molecule has 8 heteroatoms. The maximum atomic E-state index is 13.4. The maximum Gasteiger partial charge on any atom is 0.417 e. The van der Waals surface area contributed by atoms with Gasteiger partial charge in [-0.25, -0.2) is 9.69 Å². The summed E-state index contributed by atoms with van der Waals surface area (Å²) >= 11 is 0. The molecule has 0 aliphatic carbocycles. The monoisotopic (exact) mass is 499 g/mol. The minimum Gasteiger partial charge on any atom is -0.479 e. The highest BCUT2D eigenvalue weighted by molar-refractivity contribution is 6.03. The van der Waals surface area contributed by atoms with Crippen LogP contribution in [0.4, 0.5) is 4.79 Å². The molecule has 3 atom stereocenters. The lowest BCUT2D eigenvalue weighted by Crippen LogP contribution is -2.53. The number of aliphatic hydroxyl groups is 1. The molecule has 196 valence electrons. The van der Waals surface area contributed by atoms with Gasteiger partial charge in [0.2, 0.25) is 0 Å². The molecule has 0 saturated carbocycles. The Balaban J connectivity index is 1.56. The molecule has 0 unspecified atom stereocenters. The number of cyclic esters (lactones) is 1. The number of imide groups is 1. The number of hydrogen-bond donors (Lipinski definition) is 1. The van der Waals surface area contributed by atoms with Crippen LogP contribution < -0.4 is 0 Å². The van der Waals surface area contributed by atoms with Crippen molar-refractivity contribution < 1.29 is 33.7 Å². The molecule has 1 aromatic rings. The van der Waals surface area contributed by atoms with Gasteiger partial charge in [0.25, 0.3) is 5.91 Å². The van der Waals surface area contributed by atoms with E-state index in [1.807, 2.05) is 36.4 Å². The first-order chi connectivity index (χ1) is 17.5. The second-order valence-electron chi connectivity index (χ2n) is 9.15. The Morgan fingerprint density at radius 2 is 1.78 bits per heavy atom. The van der Waals surface area contributed by atoms with Crippen molar-refractivity contribution in [1.29, 1.82) is 0 Å². The molecule has 0 bridgehead atoms. The van der Waals surface area contributed by atoms with Gasteiger partial charge in [-0.05, 0) is 49.5 Å². The van der Waals surface area contributed by atoms with E-state index in [0.29, 0.717) is 12.2 Å². The number of carbonyl (C=O) groups excluding carboxylic acids is 3. The van der Waals surface area contributed by atoms with Crippen LogP contribution >= 0.6 is 0 Å². The molecule has 3 rings (SSSR count). The summed E-state index contributed by atoms with van der Waals surface area (Å²) in [5, 5.41) is 8.82. The SMILES string of the molecule is CO[C@H](C(=O)N1C(=O)OC[C@@H]1Cc1ccccc1)[C@H]1OC(=CCCCCCCCCCO)C=CC1=O. The summed E-state index contributed by atoms with van der Waals surface area (Å²) in [5.41, 5.74) is 0.968. The summed E-state index contributed by atoms with van der Waals surface area (Å²) in [7, 11) is 1.33. The molecule has 1 aromatic carbocycles. The maximum absolute atomic E-state index is 13.4. The number of carbonyl (C=O) groups is 3. The lowest BCUT2D eigenvalue weighted by Gasteiger charge is -2.30. The highest BCUT2D eigenvalue weighted by atomic mass is 16.6. The summed E-state index contributed by atoms with van der Waals surface area (Å²) in [6, 6.07) is 9.04. The molecule has 8 nitrogen and oxygen atoms in total. The van der Waals surface area contributed by atoms with Crippen LogP contribution in [-0.4, -0.2) is 66.4 Å². The van der Waals surface area contributed by atoms with Gasteiger partial charge in [-0.3, -0.25) is 9.59 Å². The number of methoxy groups -OCH3 is 1. The predicted octanol–water partition coefficient (Wildman–Crippen LogP) is 4.11. The third-order valence-electron chi connectivity index (χ3n) is 6.45. The fraction of sp³-hybridized carbons (Fsp3) is 0.536. The van der Waals surface area contributed by atoms with Gasteiger partial charge in [0.1, 0.15) is 12.4 Å². The van der Waals surface area contributed by atoms with E-state index < -0.39 is 30.3 Å². The van der Waals surface area contributed by atoms with Crippen LogP contribution in [0.1, 0.15) is 56.9 Å². The topological polar surface area (TPSA) is 102 Å². The predicted molar refractivity (Wildman–Crippen MR) is 134 cm³/mol. The molecular formula is C28H37NO7. The number of rotatable bonds is 14. The highest BCUT2D eigenvalue weighted by Crippen LogP contribution is 2.24. The zero-order chi connectivity index (χ0) is 25.8. The fourth-order valence-electron chi connectivity index (χ4n) is 4.47. The lowest BCUT2D eigenvalue weighted by atomic mass is 10.0. The normalized spacial score (nSPS) is 21.5. The van der Waals surface area contributed by atoms with E-state index in [9.17, 15) is 14.4 Å². The van der Waals surface area contributed by atoms with Crippen molar-refractivity contribution >= 4 is 17.8 Å². The van der Waals surface area contributed by atoms with Crippen LogP contribution in [-0.2, 0) is 30.2 Å². The second-order valence-corrected chi connectivity index (χ2v) is 9.15. The van der Waals surface area contributed by atoms with E-state index in [1.54, 1.807) is 6.08 Å². The number of amides is 2. The standard InChI is InChI=1S/C28H37NO7/c1-34-26(27(32)29-22(20-35-28(29)33)19-21-13-9-8-10-14-21)25-24(31)17-16-23(36-25)15-11-6-4-2-3-5-7-12-18-30/h8-10,13-17,22,25-26,30H,2-7,11-12,18-20H2,1H3/t22-,25-,26-/m0/s1. The van der Waals surface area contributed by atoms with Gasteiger partial charge < -0.3 is 19.3 Å². The summed E-state index contributed by atoms with van der Waals surface area (Å²) in [6.07, 6.45) is 10.4. The third-order valence-corrected chi connectivity index (χ3v) is 6.45. The van der Waals surface area contributed by atoms with Gasteiger partial charge >= 0.3 is 6.09 Å². The average molecular weight is 500 g/mol. The van der Waals surface area contributed by atoms with E-state index in [-0.39, 0.29) is 19.0 Å². The van der Waals surface area contributed by atoms with Crippen molar-refractivity contribution in [3.63, 3.8) is 0 Å². The molecular weight excluding hydrogens is 462 g/mol. The Morgan fingerprint density at radius 3 is 2.47 bits per heavy atom. The minimum absolute atomic E-state index is 0.0852. The van der Waals surface area contributed by atoms with Crippen LogP contribution in [0.15, 0.2) is 54.3 Å². The van der Waals surface area contributed by atoms with Crippen LogP contribution in [0.5, 0.6) is 0 Å².